The van der Waals surface area contributed by atoms with Crippen LogP contribution in [-0.4, -0.2) is 56.1 Å². The molecule has 0 aliphatic rings. The van der Waals surface area contributed by atoms with Crippen molar-refractivity contribution in [1.82, 2.24) is 19.9 Å². The highest BCUT2D eigenvalue weighted by Gasteiger charge is 2.13. The molecular weight excluding hydrogens is 346 g/mol. The van der Waals surface area contributed by atoms with Crippen LogP contribution in [0.3, 0.4) is 0 Å². The van der Waals surface area contributed by atoms with Gasteiger partial charge in [0.1, 0.15) is 5.01 Å². The zero-order chi connectivity index (χ0) is 18.2. The summed E-state index contributed by atoms with van der Waals surface area (Å²) < 4.78 is 24.8. The lowest BCUT2D eigenvalue weighted by molar-refractivity contribution is 0.461. The second-order valence-corrected chi connectivity index (χ2v) is 9.10. The summed E-state index contributed by atoms with van der Waals surface area (Å²) in [5.41, 5.74) is 1.06. The van der Waals surface area contributed by atoms with Crippen LogP contribution < -0.4 is 10.6 Å². The fourth-order valence-corrected chi connectivity index (χ4v) is 3.67. The number of hydrogen-bond donors (Lipinski definition) is 2. The summed E-state index contributed by atoms with van der Waals surface area (Å²) in [7, 11) is -1.49. The van der Waals surface area contributed by atoms with Gasteiger partial charge in [-0.1, -0.05) is 0 Å². The first-order chi connectivity index (χ1) is 11.3. The van der Waals surface area contributed by atoms with Gasteiger partial charge in [-0.15, -0.1) is 11.3 Å². The topological polar surface area (TPSA) is 86.7 Å². The molecule has 0 aliphatic carbocycles. The minimum Gasteiger partial charge on any atom is -0.357 e. The number of sulfonamides is 1. The van der Waals surface area contributed by atoms with Gasteiger partial charge in [-0.2, -0.15) is 0 Å². The van der Waals surface area contributed by atoms with Crippen LogP contribution in [-0.2, 0) is 16.6 Å². The lowest BCUT2D eigenvalue weighted by atomic mass is 10.4. The molecule has 0 unspecified atom stereocenters. The van der Waals surface area contributed by atoms with Crippen molar-refractivity contribution in [2.75, 3.05) is 32.4 Å². The van der Waals surface area contributed by atoms with E-state index in [0.717, 1.165) is 29.6 Å². The number of nitrogens with one attached hydrogen (secondary N) is 2. The molecule has 1 rings (SSSR count). The van der Waals surface area contributed by atoms with Crippen molar-refractivity contribution in [3.8, 4) is 0 Å². The largest absolute Gasteiger partial charge is 0.357 e. The van der Waals surface area contributed by atoms with Crippen LogP contribution in [0, 0.1) is 13.8 Å². The van der Waals surface area contributed by atoms with E-state index in [1.807, 2.05) is 13.8 Å². The molecular formula is C15H29N5O2S2. The normalized spacial score (nSPS) is 12.7. The summed E-state index contributed by atoms with van der Waals surface area (Å²) in [6.07, 6.45) is 0.718. The van der Waals surface area contributed by atoms with Crippen molar-refractivity contribution in [3.05, 3.63) is 15.6 Å². The summed E-state index contributed by atoms with van der Waals surface area (Å²) in [6, 6.07) is 0. The second kappa shape index (κ2) is 9.95. The number of hydrogen-bond acceptors (Lipinski definition) is 5. The predicted molar refractivity (Wildman–Crippen MR) is 101 cm³/mol. The Morgan fingerprint density at radius 1 is 1.29 bits per heavy atom. The Labute approximate surface area is 149 Å². The smallest absolute Gasteiger partial charge is 0.213 e. The minimum absolute atomic E-state index is 0.133. The third-order valence-electron chi connectivity index (χ3n) is 3.57. The number of nitrogens with zero attached hydrogens (tertiary/aromatic N) is 3. The van der Waals surface area contributed by atoms with E-state index < -0.39 is 10.0 Å². The molecule has 1 aromatic rings. The van der Waals surface area contributed by atoms with E-state index in [9.17, 15) is 8.42 Å². The standard InChI is InChI=1S/C15H29N5O2S2/c1-6-16-15(18-11-14-19-12(3)13(4)23-14)17-9-8-10-20(5)24(21,22)7-2/h6-11H2,1-5H3,(H2,16,17,18). The van der Waals surface area contributed by atoms with E-state index in [-0.39, 0.29) is 5.75 Å². The van der Waals surface area contributed by atoms with Gasteiger partial charge in [0.2, 0.25) is 10.0 Å². The molecule has 138 valence electrons. The van der Waals surface area contributed by atoms with Gasteiger partial charge in [0.05, 0.1) is 18.0 Å². The maximum atomic E-state index is 11.7. The van der Waals surface area contributed by atoms with Crippen LogP contribution in [0.15, 0.2) is 4.99 Å². The molecule has 0 atom stereocenters. The van der Waals surface area contributed by atoms with Crippen molar-refractivity contribution in [3.63, 3.8) is 0 Å². The van der Waals surface area contributed by atoms with Crippen molar-refractivity contribution in [2.24, 2.45) is 4.99 Å². The first kappa shape index (κ1) is 20.9. The highest BCUT2D eigenvalue weighted by atomic mass is 32.2. The quantitative estimate of drug-likeness (QED) is 0.388. The Balaban J connectivity index is 2.47. The zero-order valence-electron chi connectivity index (χ0n) is 15.2. The van der Waals surface area contributed by atoms with Gasteiger partial charge >= 0.3 is 0 Å². The maximum absolute atomic E-state index is 11.7. The van der Waals surface area contributed by atoms with Gasteiger partial charge in [-0.3, -0.25) is 0 Å². The Bertz CT molecular complexity index is 621. The first-order valence-corrected chi connectivity index (χ1v) is 10.6. The highest BCUT2D eigenvalue weighted by Crippen LogP contribution is 2.16. The number of aliphatic imine (C=N–C) groups is 1. The van der Waals surface area contributed by atoms with E-state index in [1.54, 1.807) is 25.3 Å². The molecule has 0 aliphatic heterocycles. The van der Waals surface area contributed by atoms with E-state index in [2.05, 4.69) is 27.5 Å². The fourth-order valence-electron chi connectivity index (χ4n) is 1.96. The molecule has 0 bridgehead atoms. The lowest BCUT2D eigenvalue weighted by Gasteiger charge is -2.16. The molecule has 1 heterocycles. The Hall–Kier alpha value is -1.19. The van der Waals surface area contributed by atoms with Crippen LogP contribution in [0.25, 0.3) is 0 Å². The van der Waals surface area contributed by atoms with Crippen molar-refractivity contribution in [2.45, 2.75) is 40.7 Å². The Morgan fingerprint density at radius 2 is 2.00 bits per heavy atom. The molecule has 0 saturated heterocycles. The zero-order valence-corrected chi connectivity index (χ0v) is 16.9. The van der Waals surface area contributed by atoms with E-state index in [4.69, 9.17) is 0 Å². The Morgan fingerprint density at radius 3 is 2.54 bits per heavy atom. The predicted octanol–water partition coefficient (Wildman–Crippen LogP) is 1.49. The van der Waals surface area contributed by atoms with Gasteiger partial charge in [0.15, 0.2) is 5.96 Å². The molecule has 1 aromatic heterocycles. The number of aryl methyl sites for hydroxylation is 2. The summed E-state index contributed by atoms with van der Waals surface area (Å²) in [5, 5.41) is 7.42. The van der Waals surface area contributed by atoms with Crippen molar-refractivity contribution < 1.29 is 8.42 Å². The molecule has 0 radical (unpaired) electrons. The molecule has 0 amide bonds. The van der Waals surface area contributed by atoms with Gasteiger partial charge in [0.25, 0.3) is 0 Å². The minimum atomic E-state index is -3.10. The van der Waals surface area contributed by atoms with E-state index in [0.29, 0.717) is 19.6 Å². The van der Waals surface area contributed by atoms with Crippen molar-refractivity contribution in [1.29, 1.82) is 0 Å². The lowest BCUT2D eigenvalue weighted by Crippen LogP contribution is -2.39. The van der Waals surface area contributed by atoms with Gasteiger partial charge in [-0.05, 0) is 34.1 Å². The van der Waals surface area contributed by atoms with Crippen LogP contribution >= 0.6 is 11.3 Å². The monoisotopic (exact) mass is 375 g/mol. The molecule has 24 heavy (non-hydrogen) atoms. The Kier molecular flexibility index (Phi) is 8.65. The molecule has 9 heteroatoms. The van der Waals surface area contributed by atoms with E-state index in [1.165, 1.54) is 9.18 Å². The number of aromatic nitrogens is 1. The van der Waals surface area contributed by atoms with Gasteiger partial charge in [-0.25, -0.2) is 22.7 Å². The third kappa shape index (κ3) is 6.74. The molecule has 0 aromatic carbocycles. The summed E-state index contributed by atoms with van der Waals surface area (Å²) >= 11 is 1.66. The number of guanidine groups is 1. The molecule has 7 nitrogen and oxygen atoms in total. The molecule has 0 fully saturated rings. The molecule has 0 spiro atoms. The second-order valence-electron chi connectivity index (χ2n) is 5.45. The summed E-state index contributed by atoms with van der Waals surface area (Å²) in [5.74, 6) is 0.859. The first-order valence-electron chi connectivity index (χ1n) is 8.19. The molecule has 0 saturated carbocycles. The van der Waals surface area contributed by atoms with Crippen LogP contribution in [0.4, 0.5) is 0 Å². The third-order valence-corrected chi connectivity index (χ3v) is 6.49. The average Bonchev–Trinajstić information content (AvgIpc) is 2.87. The summed E-state index contributed by atoms with van der Waals surface area (Å²) in [6.45, 7) is 10.2. The van der Waals surface area contributed by atoms with Crippen LogP contribution in [0.5, 0.6) is 0 Å². The molecule has 2 N–H and O–H groups in total. The maximum Gasteiger partial charge on any atom is 0.213 e. The van der Waals surface area contributed by atoms with Gasteiger partial charge < -0.3 is 10.6 Å². The average molecular weight is 376 g/mol. The number of thiazole rings is 1. The highest BCUT2D eigenvalue weighted by molar-refractivity contribution is 7.89. The van der Waals surface area contributed by atoms with Crippen LogP contribution in [0.2, 0.25) is 0 Å². The van der Waals surface area contributed by atoms with Crippen molar-refractivity contribution >= 4 is 27.3 Å². The fraction of sp³-hybridized carbons (Fsp3) is 0.733. The van der Waals surface area contributed by atoms with E-state index >= 15 is 0 Å². The number of rotatable bonds is 9. The van der Waals surface area contributed by atoms with Gasteiger partial charge in [0, 0.05) is 31.6 Å². The SMILES string of the molecule is CCNC(=NCc1nc(C)c(C)s1)NCCCN(C)S(=O)(=O)CC. The van der Waals surface area contributed by atoms with Crippen LogP contribution in [0.1, 0.15) is 35.8 Å². The summed E-state index contributed by atoms with van der Waals surface area (Å²) in [4.78, 5) is 10.2.